The Morgan fingerprint density at radius 3 is 2.79 bits per heavy atom. The molecule has 1 aromatic heterocycles. The molecule has 0 aliphatic carbocycles. The molecule has 0 aliphatic rings. The van der Waals surface area contributed by atoms with Crippen molar-refractivity contribution in [3.05, 3.63) is 33.1 Å². The minimum atomic E-state index is -0.395. The van der Waals surface area contributed by atoms with Gasteiger partial charge in [-0.3, -0.25) is 14.3 Å². The van der Waals surface area contributed by atoms with Gasteiger partial charge in [-0.2, -0.15) is 0 Å². The van der Waals surface area contributed by atoms with Crippen molar-refractivity contribution in [3.63, 3.8) is 0 Å². The lowest BCUT2D eigenvalue weighted by Crippen LogP contribution is -2.32. The highest BCUT2D eigenvalue weighted by Gasteiger charge is 2.06. The second-order valence-electron chi connectivity index (χ2n) is 3.03. The maximum Gasteiger partial charge on any atom is 0.328 e. The summed E-state index contributed by atoms with van der Waals surface area (Å²) in [7, 11) is 1.60. The minimum absolute atomic E-state index is 0.00129. The third-order valence-corrected chi connectivity index (χ3v) is 2.09. The molecule has 1 unspecified atom stereocenters. The molecule has 0 saturated heterocycles. The van der Waals surface area contributed by atoms with Crippen molar-refractivity contribution < 1.29 is 4.74 Å². The molecule has 5 nitrogen and oxygen atoms in total. The van der Waals surface area contributed by atoms with Gasteiger partial charge in [-0.05, 0) is 6.42 Å². The molecular weight excluding hydrogens is 184 g/mol. The Balaban J connectivity index is 2.86. The van der Waals surface area contributed by atoms with Crippen LogP contribution in [-0.2, 0) is 11.3 Å². The number of rotatable bonds is 4. The van der Waals surface area contributed by atoms with Crippen LogP contribution in [0.15, 0.2) is 21.9 Å². The quantitative estimate of drug-likeness (QED) is 0.738. The number of hydrogen-bond donors (Lipinski definition) is 1. The molecule has 1 rings (SSSR count). The molecule has 0 amide bonds. The van der Waals surface area contributed by atoms with Crippen LogP contribution in [0.3, 0.4) is 0 Å². The molecule has 0 saturated carbocycles. The molecule has 0 aromatic carbocycles. The summed E-state index contributed by atoms with van der Waals surface area (Å²) in [4.78, 5) is 24.2. The van der Waals surface area contributed by atoms with E-state index in [0.717, 1.165) is 6.42 Å². The van der Waals surface area contributed by atoms with Gasteiger partial charge in [-0.15, -0.1) is 0 Å². The first-order chi connectivity index (χ1) is 6.67. The number of aromatic nitrogens is 2. The fourth-order valence-electron chi connectivity index (χ4n) is 1.18. The standard InChI is InChI=1S/C9H14N2O3/c1-3-7(14-2)6-11-5-4-8(12)10-9(11)13/h4-5,7H,3,6H2,1-2H3,(H,10,12,13). The van der Waals surface area contributed by atoms with Gasteiger partial charge in [0, 0.05) is 19.4 Å². The van der Waals surface area contributed by atoms with E-state index in [4.69, 9.17) is 4.74 Å². The molecule has 14 heavy (non-hydrogen) atoms. The second-order valence-corrected chi connectivity index (χ2v) is 3.03. The summed E-state index contributed by atoms with van der Waals surface area (Å²) >= 11 is 0. The summed E-state index contributed by atoms with van der Waals surface area (Å²) in [6.45, 7) is 2.44. The zero-order valence-corrected chi connectivity index (χ0v) is 8.32. The normalized spacial score (nSPS) is 12.7. The molecule has 0 bridgehead atoms. The van der Waals surface area contributed by atoms with Gasteiger partial charge >= 0.3 is 5.69 Å². The molecule has 78 valence electrons. The van der Waals surface area contributed by atoms with Gasteiger partial charge in [-0.1, -0.05) is 6.92 Å². The van der Waals surface area contributed by atoms with Crippen molar-refractivity contribution in [2.24, 2.45) is 0 Å². The third-order valence-electron chi connectivity index (χ3n) is 2.09. The molecule has 1 atom stereocenters. The van der Waals surface area contributed by atoms with E-state index in [1.807, 2.05) is 6.92 Å². The van der Waals surface area contributed by atoms with Crippen LogP contribution in [0.25, 0.3) is 0 Å². The maximum absolute atomic E-state index is 11.3. The van der Waals surface area contributed by atoms with Crippen LogP contribution in [-0.4, -0.2) is 22.8 Å². The van der Waals surface area contributed by atoms with Gasteiger partial charge in [0.05, 0.1) is 12.6 Å². The van der Waals surface area contributed by atoms with Crippen molar-refractivity contribution in [1.82, 2.24) is 9.55 Å². The van der Waals surface area contributed by atoms with E-state index in [1.165, 1.54) is 16.8 Å². The Hall–Kier alpha value is -1.36. The van der Waals surface area contributed by atoms with Gasteiger partial charge in [0.1, 0.15) is 0 Å². The second kappa shape index (κ2) is 4.76. The van der Waals surface area contributed by atoms with E-state index >= 15 is 0 Å². The van der Waals surface area contributed by atoms with E-state index in [1.54, 1.807) is 7.11 Å². The average Bonchev–Trinajstić information content (AvgIpc) is 2.17. The SMILES string of the molecule is CCC(Cn1ccc(=O)[nH]c1=O)OC. The lowest BCUT2D eigenvalue weighted by Gasteiger charge is -2.13. The highest BCUT2D eigenvalue weighted by atomic mass is 16.5. The molecule has 1 N–H and O–H groups in total. The average molecular weight is 198 g/mol. The van der Waals surface area contributed by atoms with Crippen molar-refractivity contribution in [2.75, 3.05) is 7.11 Å². The van der Waals surface area contributed by atoms with Crippen molar-refractivity contribution in [2.45, 2.75) is 26.0 Å². The molecule has 0 spiro atoms. The fourth-order valence-corrected chi connectivity index (χ4v) is 1.18. The molecule has 0 aliphatic heterocycles. The monoisotopic (exact) mass is 198 g/mol. The zero-order valence-electron chi connectivity index (χ0n) is 8.32. The number of nitrogens with one attached hydrogen (secondary N) is 1. The molecule has 1 aromatic rings. The van der Waals surface area contributed by atoms with Crippen LogP contribution >= 0.6 is 0 Å². The summed E-state index contributed by atoms with van der Waals surface area (Å²) in [5.74, 6) is 0. The smallest absolute Gasteiger partial charge is 0.328 e. The largest absolute Gasteiger partial charge is 0.380 e. The van der Waals surface area contributed by atoms with Gasteiger partial charge in [0.15, 0.2) is 0 Å². The van der Waals surface area contributed by atoms with Crippen molar-refractivity contribution >= 4 is 0 Å². The highest BCUT2D eigenvalue weighted by Crippen LogP contribution is 1.97. The summed E-state index contributed by atoms with van der Waals surface area (Å²) in [5.41, 5.74) is -0.773. The van der Waals surface area contributed by atoms with Crippen LogP contribution in [0.4, 0.5) is 0 Å². The summed E-state index contributed by atoms with van der Waals surface area (Å²) in [6.07, 6.45) is 2.30. The summed E-state index contributed by atoms with van der Waals surface area (Å²) in [5, 5.41) is 0. The number of ether oxygens (including phenoxy) is 1. The van der Waals surface area contributed by atoms with Crippen LogP contribution in [0, 0.1) is 0 Å². The van der Waals surface area contributed by atoms with Gasteiger partial charge in [0.25, 0.3) is 5.56 Å². The Kier molecular flexibility index (Phi) is 3.64. The van der Waals surface area contributed by atoms with Crippen LogP contribution in [0.5, 0.6) is 0 Å². The summed E-state index contributed by atoms with van der Waals surface area (Å²) < 4.78 is 6.57. The Bertz CT molecular complexity index is 390. The number of nitrogens with zero attached hydrogens (tertiary/aromatic N) is 1. The first kappa shape index (κ1) is 10.7. The van der Waals surface area contributed by atoms with Gasteiger partial charge in [0.2, 0.25) is 0 Å². The Morgan fingerprint density at radius 1 is 1.57 bits per heavy atom. The lowest BCUT2D eigenvalue weighted by molar-refractivity contribution is 0.0834. The van der Waals surface area contributed by atoms with Crippen molar-refractivity contribution in [1.29, 1.82) is 0 Å². The van der Waals surface area contributed by atoms with Crippen LogP contribution < -0.4 is 11.2 Å². The first-order valence-electron chi connectivity index (χ1n) is 4.50. The van der Waals surface area contributed by atoms with Gasteiger partial charge in [-0.25, -0.2) is 4.79 Å². The molecular formula is C9H14N2O3. The molecule has 5 heteroatoms. The maximum atomic E-state index is 11.3. The molecule has 0 fully saturated rings. The van der Waals surface area contributed by atoms with Crippen molar-refractivity contribution in [3.8, 4) is 0 Å². The lowest BCUT2D eigenvalue weighted by atomic mass is 10.3. The van der Waals surface area contributed by atoms with E-state index in [9.17, 15) is 9.59 Å². The van der Waals surface area contributed by atoms with Gasteiger partial charge < -0.3 is 4.74 Å². The first-order valence-corrected chi connectivity index (χ1v) is 4.50. The predicted molar refractivity (Wildman–Crippen MR) is 52.4 cm³/mol. The highest BCUT2D eigenvalue weighted by molar-refractivity contribution is 4.83. The van der Waals surface area contributed by atoms with E-state index in [2.05, 4.69) is 4.98 Å². The number of methoxy groups -OCH3 is 1. The predicted octanol–water partition coefficient (Wildman–Crippen LogP) is -0.0384. The number of H-pyrrole nitrogens is 1. The minimum Gasteiger partial charge on any atom is -0.380 e. The molecule has 0 radical (unpaired) electrons. The third kappa shape index (κ3) is 2.56. The number of hydrogen-bond acceptors (Lipinski definition) is 3. The van der Waals surface area contributed by atoms with Crippen LogP contribution in [0.2, 0.25) is 0 Å². The summed E-state index contributed by atoms with van der Waals surface area (Å²) in [6, 6.07) is 1.32. The van der Waals surface area contributed by atoms with E-state index in [-0.39, 0.29) is 11.7 Å². The van der Waals surface area contributed by atoms with Crippen LogP contribution in [0.1, 0.15) is 13.3 Å². The van der Waals surface area contributed by atoms with E-state index in [0.29, 0.717) is 6.54 Å². The van der Waals surface area contributed by atoms with E-state index < -0.39 is 5.69 Å². The zero-order chi connectivity index (χ0) is 10.6. The Labute approximate surface area is 81.3 Å². The topological polar surface area (TPSA) is 64.1 Å². The fraction of sp³-hybridized carbons (Fsp3) is 0.556. The Morgan fingerprint density at radius 2 is 2.29 bits per heavy atom. The molecule has 1 heterocycles. The number of aromatic amines is 1.